The summed E-state index contributed by atoms with van der Waals surface area (Å²) in [6.07, 6.45) is 8.90. The number of aromatic nitrogens is 2. The number of aliphatic hydroxyl groups is 2. The molecular weight excluding hydrogens is 496 g/mol. The normalized spacial score (nSPS) is 20.8. The third kappa shape index (κ3) is 6.29. The highest BCUT2D eigenvalue weighted by molar-refractivity contribution is 5.78. The fourth-order valence-corrected chi connectivity index (χ4v) is 5.86. The zero-order chi connectivity index (χ0) is 27.2. The van der Waals surface area contributed by atoms with Gasteiger partial charge in [-0.3, -0.25) is 4.79 Å². The second-order valence-electron chi connectivity index (χ2n) is 10.4. The number of hydrogen-bond acceptors (Lipinski definition) is 7. The van der Waals surface area contributed by atoms with Gasteiger partial charge >= 0.3 is 6.03 Å². The summed E-state index contributed by atoms with van der Waals surface area (Å²) in [4.78, 5) is 37.0. The molecule has 5 rings (SSSR count). The first-order valence-corrected chi connectivity index (χ1v) is 13.6. The summed E-state index contributed by atoms with van der Waals surface area (Å²) < 4.78 is 0. The number of nitrogens with zero attached hydrogens (tertiary/aromatic N) is 4. The minimum atomic E-state index is -0.477. The van der Waals surface area contributed by atoms with E-state index in [0.29, 0.717) is 32.3 Å². The van der Waals surface area contributed by atoms with E-state index in [1.165, 1.54) is 0 Å². The zero-order valence-electron chi connectivity index (χ0n) is 22.0. The highest BCUT2D eigenvalue weighted by Crippen LogP contribution is 2.29. The van der Waals surface area contributed by atoms with Crippen molar-refractivity contribution in [3.05, 3.63) is 76.9 Å². The maximum atomic E-state index is 13.0. The lowest BCUT2D eigenvalue weighted by molar-refractivity contribution is -0.109. The second-order valence-corrected chi connectivity index (χ2v) is 10.4. The highest BCUT2D eigenvalue weighted by atomic mass is 16.3. The summed E-state index contributed by atoms with van der Waals surface area (Å²) in [7, 11) is 0. The number of amides is 3. The van der Waals surface area contributed by atoms with Crippen molar-refractivity contribution in [3.8, 4) is 0 Å². The second kappa shape index (κ2) is 12.4. The first kappa shape index (κ1) is 26.8. The van der Waals surface area contributed by atoms with Crippen LogP contribution in [0.2, 0.25) is 0 Å². The van der Waals surface area contributed by atoms with E-state index >= 15 is 0 Å². The molecule has 2 aliphatic heterocycles. The number of piperidine rings is 1. The fraction of sp³-hybridized carbons (Fsp3) is 0.448. The van der Waals surface area contributed by atoms with Gasteiger partial charge in [-0.1, -0.05) is 30.3 Å². The lowest BCUT2D eigenvalue weighted by atomic mass is 9.90. The lowest BCUT2D eigenvalue weighted by Gasteiger charge is -2.38. The van der Waals surface area contributed by atoms with Gasteiger partial charge in [-0.05, 0) is 48.5 Å². The molecule has 39 heavy (non-hydrogen) atoms. The Morgan fingerprint density at radius 1 is 1.18 bits per heavy atom. The third-order valence-electron chi connectivity index (χ3n) is 7.96. The topological polar surface area (TPSA) is 131 Å². The van der Waals surface area contributed by atoms with Gasteiger partial charge in [-0.15, -0.1) is 0 Å². The van der Waals surface area contributed by atoms with Gasteiger partial charge in [0.15, 0.2) is 0 Å². The molecule has 3 aliphatic rings. The molecule has 0 spiro atoms. The Labute approximate surface area is 228 Å². The Kier molecular flexibility index (Phi) is 8.53. The molecule has 1 saturated heterocycles. The van der Waals surface area contributed by atoms with Gasteiger partial charge in [0.1, 0.15) is 12.1 Å². The number of urea groups is 1. The summed E-state index contributed by atoms with van der Waals surface area (Å²) in [6.45, 7) is 2.58. The van der Waals surface area contributed by atoms with E-state index in [1.807, 2.05) is 41.3 Å². The van der Waals surface area contributed by atoms with Crippen LogP contribution in [-0.4, -0.2) is 75.9 Å². The number of nitrogens with one attached hydrogen (secondary N) is 2. The zero-order valence-corrected chi connectivity index (χ0v) is 22.0. The number of allylic oxidation sites excluding steroid dienone is 1. The quantitative estimate of drug-likeness (QED) is 0.364. The Balaban J connectivity index is 1.20. The van der Waals surface area contributed by atoms with Crippen LogP contribution >= 0.6 is 0 Å². The molecule has 0 saturated carbocycles. The molecule has 206 valence electrons. The van der Waals surface area contributed by atoms with Crippen LogP contribution in [0, 0.1) is 0 Å². The van der Waals surface area contributed by atoms with Crippen molar-refractivity contribution in [2.24, 2.45) is 0 Å². The van der Waals surface area contributed by atoms with Crippen LogP contribution in [0.3, 0.4) is 0 Å². The van der Waals surface area contributed by atoms with Crippen LogP contribution in [0.1, 0.15) is 48.4 Å². The molecule has 1 aromatic heterocycles. The first-order valence-electron chi connectivity index (χ1n) is 13.6. The molecule has 10 heteroatoms. The van der Waals surface area contributed by atoms with Crippen LogP contribution in [0.4, 0.5) is 10.6 Å². The van der Waals surface area contributed by atoms with Crippen molar-refractivity contribution in [2.75, 3.05) is 31.1 Å². The molecule has 3 amide bonds. The van der Waals surface area contributed by atoms with Gasteiger partial charge in [-0.25, -0.2) is 14.8 Å². The molecule has 10 nitrogen and oxygen atoms in total. The molecule has 0 bridgehead atoms. The van der Waals surface area contributed by atoms with E-state index in [2.05, 4.69) is 25.5 Å². The Hall–Kier alpha value is -3.76. The van der Waals surface area contributed by atoms with Crippen molar-refractivity contribution in [2.45, 2.75) is 56.7 Å². The van der Waals surface area contributed by atoms with E-state index < -0.39 is 6.10 Å². The monoisotopic (exact) mass is 532 g/mol. The number of benzene rings is 1. The van der Waals surface area contributed by atoms with Gasteiger partial charge < -0.3 is 30.6 Å². The molecule has 3 heterocycles. The number of carbonyl (C=O) groups excluding carboxylic acids is 2. The van der Waals surface area contributed by atoms with Crippen molar-refractivity contribution >= 4 is 18.3 Å². The van der Waals surface area contributed by atoms with Gasteiger partial charge in [0.25, 0.3) is 0 Å². The van der Waals surface area contributed by atoms with E-state index in [4.69, 9.17) is 0 Å². The molecule has 1 aliphatic carbocycles. The van der Waals surface area contributed by atoms with Crippen molar-refractivity contribution in [1.29, 1.82) is 0 Å². The predicted molar refractivity (Wildman–Crippen MR) is 147 cm³/mol. The summed E-state index contributed by atoms with van der Waals surface area (Å²) in [6, 6.07) is 9.87. The standard InChI is InChI=1S/C29H36N6O4/c36-17-22(26-4-2-1-3-21(26)16-30-19-37)13-23-15-28(32-18-31-23)34-10-8-24(9-11-34)35-12-7-20-14-25(38)5-6-27(20)33-29(35)39/h1-6,15,18-19,22,24-25,36,38H,7-14,16-17H2,(H,30,37)(H,33,39). The van der Waals surface area contributed by atoms with Crippen molar-refractivity contribution in [3.63, 3.8) is 0 Å². The maximum absolute atomic E-state index is 13.0. The van der Waals surface area contributed by atoms with Gasteiger partial charge in [0.2, 0.25) is 6.41 Å². The average Bonchev–Trinajstić information content (AvgIpc) is 3.13. The fourth-order valence-electron chi connectivity index (χ4n) is 5.86. The summed E-state index contributed by atoms with van der Waals surface area (Å²) in [5, 5.41) is 25.9. The van der Waals surface area contributed by atoms with Gasteiger partial charge in [0, 0.05) is 62.0 Å². The number of carbonyl (C=O) groups is 2. The number of hydrogen-bond donors (Lipinski definition) is 4. The van der Waals surface area contributed by atoms with Crippen molar-refractivity contribution < 1.29 is 19.8 Å². The molecule has 1 fully saturated rings. The van der Waals surface area contributed by atoms with Gasteiger partial charge in [0.05, 0.1) is 12.7 Å². The van der Waals surface area contributed by atoms with Crippen LogP contribution in [0.5, 0.6) is 0 Å². The summed E-state index contributed by atoms with van der Waals surface area (Å²) in [5.74, 6) is 0.697. The predicted octanol–water partition coefficient (Wildman–Crippen LogP) is 2.00. The molecular formula is C29H36N6O4. The minimum absolute atomic E-state index is 0.0340. The van der Waals surface area contributed by atoms with Crippen LogP contribution in [-0.2, 0) is 17.8 Å². The molecule has 4 N–H and O–H groups in total. The Morgan fingerprint density at radius 2 is 2.00 bits per heavy atom. The molecule has 2 unspecified atom stereocenters. The Bertz CT molecular complexity index is 1240. The van der Waals surface area contributed by atoms with Crippen LogP contribution < -0.4 is 15.5 Å². The number of aliphatic hydroxyl groups excluding tert-OH is 2. The van der Waals surface area contributed by atoms with Gasteiger partial charge in [-0.2, -0.15) is 0 Å². The first-order chi connectivity index (χ1) is 19.1. The highest BCUT2D eigenvalue weighted by Gasteiger charge is 2.31. The molecule has 2 atom stereocenters. The molecule has 1 aromatic carbocycles. The average molecular weight is 533 g/mol. The van der Waals surface area contributed by atoms with Crippen molar-refractivity contribution in [1.82, 2.24) is 25.5 Å². The third-order valence-corrected chi connectivity index (χ3v) is 7.96. The minimum Gasteiger partial charge on any atom is -0.396 e. The summed E-state index contributed by atoms with van der Waals surface area (Å²) >= 11 is 0. The smallest absolute Gasteiger partial charge is 0.322 e. The van der Waals surface area contributed by atoms with E-state index in [9.17, 15) is 19.8 Å². The molecule has 0 radical (unpaired) electrons. The number of anilines is 1. The summed E-state index contributed by atoms with van der Waals surface area (Å²) in [5.41, 5.74) is 4.75. The Morgan fingerprint density at radius 3 is 2.79 bits per heavy atom. The van der Waals surface area contributed by atoms with E-state index in [0.717, 1.165) is 66.3 Å². The van der Waals surface area contributed by atoms with E-state index in [-0.39, 0.29) is 24.6 Å². The van der Waals surface area contributed by atoms with Crippen LogP contribution in [0.15, 0.2) is 60.1 Å². The van der Waals surface area contributed by atoms with E-state index in [1.54, 1.807) is 12.4 Å². The largest absolute Gasteiger partial charge is 0.396 e. The lowest BCUT2D eigenvalue weighted by Crippen LogP contribution is -2.50. The number of rotatable bonds is 9. The van der Waals surface area contributed by atoms with Crippen LogP contribution in [0.25, 0.3) is 0 Å². The molecule has 2 aromatic rings. The maximum Gasteiger partial charge on any atom is 0.322 e. The SMILES string of the molecule is O=CNCc1ccccc1C(CO)Cc1cc(N2CCC(N3CCC4=C(C=CC(O)C4)NC3=O)CC2)ncn1.